The van der Waals surface area contributed by atoms with Crippen molar-refractivity contribution < 1.29 is 4.79 Å². The molecule has 0 aliphatic carbocycles. The number of ketones is 1. The van der Waals surface area contributed by atoms with Gasteiger partial charge in [0.25, 0.3) is 11.1 Å². The summed E-state index contributed by atoms with van der Waals surface area (Å²) in [5.74, 6) is -0.949. The molecule has 0 bridgehead atoms. The molecule has 0 radical (unpaired) electrons. The van der Waals surface area contributed by atoms with Crippen LogP contribution >= 0.6 is 23.1 Å². The second-order valence-electron chi connectivity index (χ2n) is 7.47. The zero-order valence-corrected chi connectivity index (χ0v) is 20.1. The summed E-state index contributed by atoms with van der Waals surface area (Å²) in [5.41, 5.74) is 5.72. The summed E-state index contributed by atoms with van der Waals surface area (Å²) >= 11 is 2.37. The van der Waals surface area contributed by atoms with Gasteiger partial charge in [-0.2, -0.15) is 0 Å². The summed E-state index contributed by atoms with van der Waals surface area (Å²) in [6.07, 6.45) is 1.58. The standard InChI is InChI=1S/C23H21N5O4S2/c1-4-10-28-21(31)16-14(13-8-6-5-7-9-13)11-33-19(16)25-22(28)34-12-15(29)17-18(24)26(2)23(32)27(3)20(17)30/h4-9,11H,1,10,12,24H2,2-3H3. The second kappa shape index (κ2) is 9.27. The van der Waals surface area contributed by atoms with E-state index in [1.54, 1.807) is 6.08 Å². The van der Waals surface area contributed by atoms with Gasteiger partial charge < -0.3 is 5.73 Å². The molecule has 0 spiro atoms. The molecule has 0 saturated carbocycles. The van der Waals surface area contributed by atoms with Crippen LogP contribution in [0.15, 0.2) is 67.9 Å². The zero-order chi connectivity index (χ0) is 24.6. The first-order chi connectivity index (χ1) is 16.3. The number of Topliss-reactive ketones (excluding diaryl/α,β-unsaturated/α-hetero) is 1. The van der Waals surface area contributed by atoms with Crippen molar-refractivity contribution in [3.63, 3.8) is 0 Å². The molecule has 174 valence electrons. The number of hydrogen-bond acceptors (Lipinski definition) is 8. The van der Waals surface area contributed by atoms with Gasteiger partial charge in [0, 0.05) is 31.6 Å². The summed E-state index contributed by atoms with van der Waals surface area (Å²) in [6, 6.07) is 9.57. The first kappa shape index (κ1) is 23.5. The van der Waals surface area contributed by atoms with Crippen LogP contribution in [0.2, 0.25) is 0 Å². The Kier molecular flexibility index (Phi) is 6.40. The molecule has 0 aliphatic rings. The molecule has 34 heavy (non-hydrogen) atoms. The maximum Gasteiger partial charge on any atom is 0.332 e. The molecule has 0 atom stereocenters. The lowest BCUT2D eigenvalue weighted by Crippen LogP contribution is -2.41. The van der Waals surface area contributed by atoms with Crippen molar-refractivity contribution in [3.05, 3.63) is 85.1 Å². The van der Waals surface area contributed by atoms with Crippen molar-refractivity contribution >= 4 is 44.9 Å². The lowest BCUT2D eigenvalue weighted by atomic mass is 10.1. The normalized spacial score (nSPS) is 11.1. The van der Waals surface area contributed by atoms with Crippen molar-refractivity contribution in [3.8, 4) is 11.1 Å². The number of hydrogen-bond donors (Lipinski definition) is 1. The zero-order valence-electron chi connectivity index (χ0n) is 18.5. The molecule has 11 heteroatoms. The Morgan fingerprint density at radius 3 is 2.53 bits per heavy atom. The molecule has 0 unspecified atom stereocenters. The Morgan fingerprint density at radius 1 is 1.15 bits per heavy atom. The van der Waals surface area contributed by atoms with Crippen molar-refractivity contribution in [1.82, 2.24) is 18.7 Å². The van der Waals surface area contributed by atoms with Crippen molar-refractivity contribution in [2.75, 3.05) is 11.5 Å². The number of thioether (sulfide) groups is 1. The van der Waals surface area contributed by atoms with Crippen LogP contribution in [0.5, 0.6) is 0 Å². The quantitative estimate of drug-likeness (QED) is 0.181. The molecule has 2 N–H and O–H groups in total. The highest BCUT2D eigenvalue weighted by Crippen LogP contribution is 2.32. The van der Waals surface area contributed by atoms with Crippen molar-refractivity contribution in [2.45, 2.75) is 11.7 Å². The summed E-state index contributed by atoms with van der Waals surface area (Å²) in [6.45, 7) is 3.93. The largest absolute Gasteiger partial charge is 0.384 e. The van der Waals surface area contributed by atoms with Crippen LogP contribution in [0.4, 0.5) is 5.82 Å². The van der Waals surface area contributed by atoms with Crippen LogP contribution in [-0.2, 0) is 20.6 Å². The fraction of sp³-hybridized carbons (Fsp3) is 0.174. The fourth-order valence-electron chi connectivity index (χ4n) is 3.56. The van der Waals surface area contributed by atoms with Crippen LogP contribution < -0.4 is 22.5 Å². The number of nitrogen functional groups attached to an aromatic ring is 1. The van der Waals surface area contributed by atoms with E-state index in [-0.39, 0.29) is 29.2 Å². The second-order valence-corrected chi connectivity index (χ2v) is 9.27. The molecule has 0 saturated heterocycles. The van der Waals surface area contributed by atoms with E-state index in [4.69, 9.17) is 5.73 Å². The van der Waals surface area contributed by atoms with Gasteiger partial charge in [0.15, 0.2) is 10.9 Å². The Hall–Kier alpha value is -3.70. The number of nitrogens with two attached hydrogens (primary N) is 1. The number of carbonyl (C=O) groups excluding carboxylic acids is 1. The first-order valence-corrected chi connectivity index (χ1v) is 12.0. The molecule has 4 aromatic rings. The van der Waals surface area contributed by atoms with Gasteiger partial charge in [0.1, 0.15) is 16.2 Å². The minimum atomic E-state index is -0.760. The van der Waals surface area contributed by atoms with Crippen LogP contribution in [0.3, 0.4) is 0 Å². The third-order valence-electron chi connectivity index (χ3n) is 5.38. The van der Waals surface area contributed by atoms with Gasteiger partial charge in [0.05, 0.1) is 11.1 Å². The molecule has 1 aromatic carbocycles. The molecular weight excluding hydrogens is 474 g/mol. The molecule has 0 fully saturated rings. The number of anilines is 1. The predicted molar refractivity (Wildman–Crippen MR) is 136 cm³/mol. The highest BCUT2D eigenvalue weighted by molar-refractivity contribution is 7.99. The van der Waals surface area contributed by atoms with E-state index >= 15 is 0 Å². The molecule has 9 nitrogen and oxygen atoms in total. The lowest BCUT2D eigenvalue weighted by Gasteiger charge is -2.12. The van der Waals surface area contributed by atoms with Gasteiger partial charge in [-0.3, -0.25) is 28.1 Å². The SMILES string of the molecule is C=CCn1c(SCC(=O)c2c(N)n(C)c(=O)n(C)c2=O)nc2scc(-c3ccccc3)c2c1=O. The minimum absolute atomic E-state index is 0.191. The maximum atomic E-state index is 13.4. The number of carbonyl (C=O) groups is 1. The van der Waals surface area contributed by atoms with Crippen molar-refractivity contribution in [1.29, 1.82) is 0 Å². The average molecular weight is 496 g/mol. The number of rotatable bonds is 7. The van der Waals surface area contributed by atoms with Gasteiger partial charge in [-0.05, 0) is 5.56 Å². The average Bonchev–Trinajstić information content (AvgIpc) is 3.27. The van der Waals surface area contributed by atoms with Gasteiger partial charge in [-0.15, -0.1) is 17.9 Å². The van der Waals surface area contributed by atoms with Gasteiger partial charge >= 0.3 is 5.69 Å². The van der Waals surface area contributed by atoms with Gasteiger partial charge in [-0.1, -0.05) is 48.2 Å². The molecule has 3 aromatic heterocycles. The number of benzene rings is 1. The van der Waals surface area contributed by atoms with E-state index in [9.17, 15) is 19.2 Å². The molecular formula is C23H21N5O4S2. The van der Waals surface area contributed by atoms with Crippen LogP contribution in [0, 0.1) is 0 Å². The number of allylic oxidation sites excluding steroid dienone is 1. The van der Waals surface area contributed by atoms with Crippen LogP contribution in [0.1, 0.15) is 10.4 Å². The highest BCUT2D eigenvalue weighted by atomic mass is 32.2. The van der Waals surface area contributed by atoms with E-state index in [1.807, 2.05) is 35.7 Å². The van der Waals surface area contributed by atoms with E-state index in [0.717, 1.165) is 32.0 Å². The lowest BCUT2D eigenvalue weighted by molar-refractivity contribution is 0.102. The first-order valence-electron chi connectivity index (χ1n) is 10.2. The minimum Gasteiger partial charge on any atom is -0.384 e. The third-order valence-corrected chi connectivity index (χ3v) is 7.22. The Bertz CT molecular complexity index is 1610. The van der Waals surface area contributed by atoms with Gasteiger partial charge in [0.2, 0.25) is 0 Å². The molecule has 4 rings (SSSR count). The topological polar surface area (TPSA) is 122 Å². The number of thiophene rings is 1. The maximum absolute atomic E-state index is 13.4. The van der Waals surface area contributed by atoms with E-state index in [0.29, 0.717) is 15.4 Å². The molecule has 0 aliphatic heterocycles. The van der Waals surface area contributed by atoms with Gasteiger partial charge in [-0.25, -0.2) is 9.78 Å². The summed E-state index contributed by atoms with van der Waals surface area (Å²) in [4.78, 5) is 56.1. The Labute approximate surface area is 201 Å². The van der Waals surface area contributed by atoms with E-state index < -0.39 is 17.0 Å². The number of aromatic nitrogens is 4. The molecule has 3 heterocycles. The summed E-state index contributed by atoms with van der Waals surface area (Å²) in [7, 11) is 2.67. The third kappa shape index (κ3) is 3.93. The van der Waals surface area contributed by atoms with Crippen molar-refractivity contribution in [2.24, 2.45) is 14.1 Å². The number of fused-ring (bicyclic) bond motifs is 1. The predicted octanol–water partition coefficient (Wildman–Crippen LogP) is 2.27. The van der Waals surface area contributed by atoms with Crippen LogP contribution in [0.25, 0.3) is 21.3 Å². The summed E-state index contributed by atoms with van der Waals surface area (Å²) in [5, 5.41) is 2.72. The molecule has 0 amide bonds. The Balaban J connectivity index is 1.75. The summed E-state index contributed by atoms with van der Waals surface area (Å²) < 4.78 is 3.34. The Morgan fingerprint density at radius 2 is 1.85 bits per heavy atom. The van der Waals surface area contributed by atoms with E-state index in [1.165, 1.54) is 30.0 Å². The monoisotopic (exact) mass is 495 g/mol. The van der Waals surface area contributed by atoms with E-state index in [2.05, 4.69) is 11.6 Å². The van der Waals surface area contributed by atoms with Crippen LogP contribution in [-0.4, -0.2) is 30.2 Å². The number of nitrogens with zero attached hydrogens (tertiary/aromatic N) is 4. The fourth-order valence-corrected chi connectivity index (χ4v) is 5.43. The smallest absolute Gasteiger partial charge is 0.332 e. The highest BCUT2D eigenvalue weighted by Gasteiger charge is 2.22.